The number of nitrogens with zero attached hydrogens (tertiary/aromatic N) is 4. The van der Waals surface area contributed by atoms with E-state index in [0.29, 0.717) is 22.4 Å². The molecule has 0 saturated heterocycles. The number of hydrogen-bond donors (Lipinski definition) is 2. The van der Waals surface area contributed by atoms with Gasteiger partial charge in [0.15, 0.2) is 11.0 Å². The Balaban J connectivity index is 1.77. The maximum absolute atomic E-state index is 13.5. The molecular formula is C22H25FN6O2S. The van der Waals surface area contributed by atoms with E-state index >= 15 is 0 Å². The maximum Gasteiger partial charge on any atom is 0.325 e. The number of para-hydroxylation sites is 1. The molecule has 32 heavy (non-hydrogen) atoms. The zero-order chi connectivity index (χ0) is 23.3. The fraction of sp³-hybridized carbons (Fsp3) is 0.273. The summed E-state index contributed by atoms with van der Waals surface area (Å²) in [4.78, 5) is 26.7. The second-order valence-electron chi connectivity index (χ2n) is 7.36. The van der Waals surface area contributed by atoms with Crippen LogP contribution in [-0.4, -0.2) is 50.9 Å². The van der Waals surface area contributed by atoms with E-state index in [9.17, 15) is 14.0 Å². The first kappa shape index (κ1) is 23.4. The van der Waals surface area contributed by atoms with Crippen LogP contribution in [0.3, 0.4) is 0 Å². The van der Waals surface area contributed by atoms with E-state index in [-0.39, 0.29) is 11.9 Å². The second-order valence-corrected chi connectivity index (χ2v) is 8.67. The van der Waals surface area contributed by atoms with Gasteiger partial charge in [-0.3, -0.25) is 19.6 Å². The largest absolute Gasteiger partial charge is 0.325 e. The fourth-order valence-corrected chi connectivity index (χ4v) is 3.68. The van der Waals surface area contributed by atoms with Crippen LogP contribution in [-0.2, 0) is 4.79 Å². The molecule has 0 unspecified atom stereocenters. The predicted octanol–water partition coefficient (Wildman–Crippen LogP) is 3.86. The minimum atomic E-state index is -0.637. The SMILES string of the molecule is C[C@H](c1nnc(S[C@H](C)C(=O)NC(=O)Nc2ccccc2)n1-c1ccc(F)cc1)N(C)C. The first-order valence-electron chi connectivity index (χ1n) is 9.97. The van der Waals surface area contributed by atoms with Crippen LogP contribution in [0.2, 0.25) is 0 Å². The first-order chi connectivity index (χ1) is 15.3. The van der Waals surface area contributed by atoms with Crippen LogP contribution in [0.15, 0.2) is 59.8 Å². The Morgan fingerprint density at radius 3 is 2.31 bits per heavy atom. The van der Waals surface area contributed by atoms with Gasteiger partial charge >= 0.3 is 6.03 Å². The van der Waals surface area contributed by atoms with Crippen molar-refractivity contribution in [1.29, 1.82) is 0 Å². The van der Waals surface area contributed by atoms with Crippen molar-refractivity contribution >= 4 is 29.4 Å². The number of rotatable bonds is 7. The summed E-state index contributed by atoms with van der Waals surface area (Å²) in [5.41, 5.74) is 1.26. The standard InChI is InChI=1S/C22H25FN6O2S/c1-14(28(3)4)19-26-27-22(29(19)18-12-10-16(23)11-13-18)32-15(2)20(30)25-21(31)24-17-8-6-5-7-9-17/h5-15H,1-4H3,(H2,24,25,30,31)/t14-,15-/m1/s1. The Kier molecular flexibility index (Phi) is 7.60. The summed E-state index contributed by atoms with van der Waals surface area (Å²) in [7, 11) is 3.84. The Hall–Kier alpha value is -3.24. The zero-order valence-electron chi connectivity index (χ0n) is 18.2. The average Bonchev–Trinajstić information content (AvgIpc) is 3.17. The summed E-state index contributed by atoms with van der Waals surface area (Å²) in [6.07, 6.45) is 0. The van der Waals surface area contributed by atoms with E-state index in [2.05, 4.69) is 20.8 Å². The van der Waals surface area contributed by atoms with Crippen LogP contribution in [0.1, 0.15) is 25.7 Å². The van der Waals surface area contributed by atoms with E-state index in [1.54, 1.807) is 47.9 Å². The van der Waals surface area contributed by atoms with Gasteiger partial charge in [-0.2, -0.15) is 0 Å². The van der Waals surface area contributed by atoms with Crippen molar-refractivity contribution in [2.45, 2.75) is 30.3 Å². The lowest BCUT2D eigenvalue weighted by atomic mass is 10.2. The second kappa shape index (κ2) is 10.4. The molecule has 8 nitrogen and oxygen atoms in total. The predicted molar refractivity (Wildman–Crippen MR) is 122 cm³/mol. The number of benzene rings is 2. The number of nitrogens with one attached hydrogen (secondary N) is 2. The number of carbonyl (C=O) groups excluding carboxylic acids is 2. The van der Waals surface area contributed by atoms with Crippen LogP contribution in [0.5, 0.6) is 0 Å². The van der Waals surface area contributed by atoms with Gasteiger partial charge in [0.1, 0.15) is 5.82 Å². The molecule has 10 heteroatoms. The van der Waals surface area contributed by atoms with Crippen molar-refractivity contribution in [3.05, 3.63) is 66.2 Å². The van der Waals surface area contributed by atoms with Gasteiger partial charge in [-0.15, -0.1) is 10.2 Å². The molecule has 2 N–H and O–H groups in total. The molecule has 0 aliphatic rings. The molecule has 0 fully saturated rings. The van der Waals surface area contributed by atoms with Gasteiger partial charge < -0.3 is 5.32 Å². The van der Waals surface area contributed by atoms with Crippen molar-refractivity contribution in [2.24, 2.45) is 0 Å². The number of aromatic nitrogens is 3. The zero-order valence-corrected chi connectivity index (χ0v) is 19.1. The Morgan fingerprint density at radius 2 is 1.69 bits per heavy atom. The molecular weight excluding hydrogens is 431 g/mol. The summed E-state index contributed by atoms with van der Waals surface area (Å²) in [6.45, 7) is 3.65. The lowest BCUT2D eigenvalue weighted by Crippen LogP contribution is -2.39. The van der Waals surface area contributed by atoms with Gasteiger partial charge in [0.25, 0.3) is 0 Å². The molecule has 0 aliphatic heterocycles. The van der Waals surface area contributed by atoms with E-state index in [1.165, 1.54) is 12.1 Å². The number of halogens is 1. The number of amides is 3. The average molecular weight is 457 g/mol. The van der Waals surface area contributed by atoms with Crippen molar-refractivity contribution < 1.29 is 14.0 Å². The van der Waals surface area contributed by atoms with Crippen LogP contribution in [0, 0.1) is 5.82 Å². The Bertz CT molecular complexity index is 1070. The number of carbonyl (C=O) groups is 2. The molecule has 0 radical (unpaired) electrons. The fourth-order valence-electron chi connectivity index (χ4n) is 2.80. The Labute approximate surface area is 190 Å². The molecule has 0 aliphatic carbocycles. The third-order valence-electron chi connectivity index (χ3n) is 4.81. The molecule has 0 saturated carbocycles. The molecule has 168 valence electrons. The number of imide groups is 1. The quantitative estimate of drug-likeness (QED) is 0.525. The van der Waals surface area contributed by atoms with Gasteiger partial charge in [-0.1, -0.05) is 30.0 Å². The maximum atomic E-state index is 13.5. The highest BCUT2D eigenvalue weighted by Crippen LogP contribution is 2.29. The molecule has 0 bridgehead atoms. The van der Waals surface area contributed by atoms with Crippen molar-refractivity contribution in [2.75, 3.05) is 19.4 Å². The van der Waals surface area contributed by atoms with Crippen LogP contribution >= 0.6 is 11.8 Å². The highest BCUT2D eigenvalue weighted by Gasteiger charge is 2.25. The van der Waals surface area contributed by atoms with Gasteiger partial charge in [-0.05, 0) is 64.3 Å². The highest BCUT2D eigenvalue weighted by molar-refractivity contribution is 8.00. The smallest absolute Gasteiger partial charge is 0.308 e. The van der Waals surface area contributed by atoms with E-state index in [4.69, 9.17) is 0 Å². The van der Waals surface area contributed by atoms with Crippen molar-refractivity contribution in [3.8, 4) is 5.69 Å². The molecule has 0 spiro atoms. The van der Waals surface area contributed by atoms with Gasteiger partial charge in [-0.25, -0.2) is 9.18 Å². The third-order valence-corrected chi connectivity index (χ3v) is 5.85. The minimum Gasteiger partial charge on any atom is -0.308 e. The molecule has 2 aromatic carbocycles. The van der Waals surface area contributed by atoms with Crippen molar-refractivity contribution in [1.82, 2.24) is 25.0 Å². The Morgan fingerprint density at radius 1 is 1.03 bits per heavy atom. The van der Waals surface area contributed by atoms with Gasteiger partial charge in [0.2, 0.25) is 5.91 Å². The molecule has 1 aromatic heterocycles. The summed E-state index contributed by atoms with van der Waals surface area (Å²) in [5, 5.41) is 13.4. The topological polar surface area (TPSA) is 92.1 Å². The number of hydrogen-bond acceptors (Lipinski definition) is 6. The van der Waals surface area contributed by atoms with E-state index in [0.717, 1.165) is 11.8 Å². The monoisotopic (exact) mass is 456 g/mol. The normalized spacial score (nSPS) is 12.9. The molecule has 3 amide bonds. The lowest BCUT2D eigenvalue weighted by molar-refractivity contribution is -0.119. The lowest BCUT2D eigenvalue weighted by Gasteiger charge is -2.21. The summed E-state index contributed by atoms with van der Waals surface area (Å²) in [6, 6.07) is 14.1. The van der Waals surface area contributed by atoms with Crippen LogP contribution in [0.4, 0.5) is 14.9 Å². The number of thioether (sulfide) groups is 1. The molecule has 2 atom stereocenters. The molecule has 3 rings (SSSR count). The van der Waals surface area contributed by atoms with E-state index < -0.39 is 17.2 Å². The summed E-state index contributed by atoms with van der Waals surface area (Å²) >= 11 is 1.16. The van der Waals surface area contributed by atoms with Gasteiger partial charge in [0.05, 0.1) is 11.3 Å². The van der Waals surface area contributed by atoms with Crippen LogP contribution < -0.4 is 10.6 Å². The minimum absolute atomic E-state index is 0.0808. The van der Waals surface area contributed by atoms with E-state index in [1.807, 2.05) is 32.0 Å². The first-order valence-corrected chi connectivity index (χ1v) is 10.9. The van der Waals surface area contributed by atoms with Crippen LogP contribution in [0.25, 0.3) is 5.69 Å². The van der Waals surface area contributed by atoms with Gasteiger partial charge in [0, 0.05) is 11.4 Å². The van der Waals surface area contributed by atoms with Crippen molar-refractivity contribution in [3.63, 3.8) is 0 Å². The summed E-state index contributed by atoms with van der Waals surface area (Å²) < 4.78 is 15.3. The number of urea groups is 1. The third kappa shape index (κ3) is 5.71. The number of anilines is 1. The molecule has 1 heterocycles. The summed E-state index contributed by atoms with van der Waals surface area (Å²) in [5.74, 6) is -0.173. The molecule has 3 aromatic rings. The highest BCUT2D eigenvalue weighted by atomic mass is 32.2.